The molecule has 0 unspecified atom stereocenters. The van der Waals surface area contributed by atoms with Crippen LogP contribution >= 0.6 is 0 Å². The zero-order valence-electron chi connectivity index (χ0n) is 18.4. The topological polar surface area (TPSA) is 68.5 Å². The van der Waals surface area contributed by atoms with Crippen LogP contribution in [-0.4, -0.2) is 28.5 Å². The van der Waals surface area contributed by atoms with Crippen LogP contribution in [0.3, 0.4) is 0 Å². The van der Waals surface area contributed by atoms with Crippen molar-refractivity contribution in [2.45, 2.75) is 53.7 Å². The number of nitrogens with zero attached hydrogens (tertiary/aromatic N) is 3. The molecule has 0 amide bonds. The third-order valence-electron chi connectivity index (χ3n) is 4.94. The van der Waals surface area contributed by atoms with Crippen LogP contribution in [0.5, 0.6) is 0 Å². The molecule has 0 saturated heterocycles. The molecule has 6 nitrogen and oxygen atoms in total. The van der Waals surface area contributed by atoms with Crippen molar-refractivity contribution in [3.8, 4) is 0 Å². The van der Waals surface area contributed by atoms with Crippen LogP contribution in [-0.2, 0) is 11.3 Å². The Balaban J connectivity index is 1.89. The Morgan fingerprint density at radius 3 is 2.57 bits per heavy atom. The number of hydrazone groups is 1. The molecule has 0 radical (unpaired) electrons. The average Bonchev–Trinajstić information content (AvgIpc) is 2.68. The van der Waals surface area contributed by atoms with Crippen LogP contribution < -0.4 is 11.0 Å². The van der Waals surface area contributed by atoms with Crippen LogP contribution in [0, 0.1) is 20.8 Å². The minimum Gasteiger partial charge on any atom is -0.379 e. The predicted molar refractivity (Wildman–Crippen MR) is 124 cm³/mol. The highest BCUT2D eigenvalue weighted by Crippen LogP contribution is 2.15. The molecule has 3 rings (SSSR count). The third-order valence-corrected chi connectivity index (χ3v) is 4.94. The monoisotopic (exact) mass is 406 g/mol. The number of fused-ring (bicyclic) bond motifs is 1. The van der Waals surface area contributed by atoms with Gasteiger partial charge in [0.15, 0.2) is 0 Å². The molecule has 6 heteroatoms. The van der Waals surface area contributed by atoms with Crippen LogP contribution in [0.15, 0.2) is 46.3 Å². The Labute approximate surface area is 177 Å². The maximum atomic E-state index is 13.0. The molecule has 1 N–H and O–H groups in total. The van der Waals surface area contributed by atoms with Gasteiger partial charge in [0.2, 0.25) is 5.95 Å². The molecule has 1 heterocycles. The second kappa shape index (κ2) is 9.67. The quantitative estimate of drug-likeness (QED) is 0.338. The molecule has 0 aliphatic carbocycles. The maximum absolute atomic E-state index is 13.0. The zero-order valence-corrected chi connectivity index (χ0v) is 18.4. The van der Waals surface area contributed by atoms with Gasteiger partial charge in [-0.15, -0.1) is 0 Å². The van der Waals surface area contributed by atoms with E-state index in [0.717, 1.165) is 16.7 Å². The van der Waals surface area contributed by atoms with E-state index in [2.05, 4.69) is 48.4 Å². The molecule has 30 heavy (non-hydrogen) atoms. The molecule has 0 spiro atoms. The van der Waals surface area contributed by atoms with E-state index in [0.29, 0.717) is 36.4 Å². The van der Waals surface area contributed by atoms with Gasteiger partial charge in [-0.2, -0.15) is 5.10 Å². The van der Waals surface area contributed by atoms with Crippen LogP contribution in [0.2, 0.25) is 0 Å². The summed E-state index contributed by atoms with van der Waals surface area (Å²) in [7, 11) is 0. The van der Waals surface area contributed by atoms with Gasteiger partial charge in [-0.05, 0) is 64.3 Å². The maximum Gasteiger partial charge on any atom is 0.262 e. The summed E-state index contributed by atoms with van der Waals surface area (Å²) >= 11 is 0. The zero-order chi connectivity index (χ0) is 21.7. The molecular formula is C24H30N4O2. The first-order chi connectivity index (χ1) is 14.4. The number of nitrogens with one attached hydrogen (secondary N) is 1. The van der Waals surface area contributed by atoms with Crippen molar-refractivity contribution in [3.63, 3.8) is 0 Å². The van der Waals surface area contributed by atoms with Crippen molar-refractivity contribution in [3.05, 3.63) is 69.0 Å². The number of aromatic nitrogens is 2. The van der Waals surface area contributed by atoms with Crippen LogP contribution in [0.4, 0.5) is 5.95 Å². The second-order valence-electron chi connectivity index (χ2n) is 7.86. The van der Waals surface area contributed by atoms with E-state index in [1.165, 1.54) is 5.56 Å². The standard InChI is InChI=1S/C24H30N4O2/c1-16(2)30-12-8-11-28-23(29)20-9-6-7-10-22(20)26-24(28)27-25-15-21-18(4)13-17(3)14-19(21)5/h6-7,9-10,13-16H,8,11-12H2,1-5H3,(H,26,27)/b25-15-. The van der Waals surface area contributed by atoms with Crippen LogP contribution in [0.1, 0.15) is 42.5 Å². The summed E-state index contributed by atoms with van der Waals surface area (Å²) in [5.74, 6) is 0.432. The van der Waals surface area contributed by atoms with Crippen molar-refractivity contribution < 1.29 is 4.74 Å². The SMILES string of the molecule is Cc1cc(C)c(/C=N\Nc2nc3ccccc3c(=O)n2CCCOC(C)C)c(C)c1. The smallest absolute Gasteiger partial charge is 0.262 e. The first kappa shape index (κ1) is 21.7. The van der Waals surface area contributed by atoms with Gasteiger partial charge in [-0.25, -0.2) is 10.4 Å². The van der Waals surface area contributed by atoms with Crippen LogP contribution in [0.25, 0.3) is 10.9 Å². The summed E-state index contributed by atoms with van der Waals surface area (Å²) in [6, 6.07) is 11.6. The Hall–Kier alpha value is -2.99. The van der Waals surface area contributed by atoms with Crippen molar-refractivity contribution in [1.82, 2.24) is 9.55 Å². The molecule has 3 aromatic rings. The largest absolute Gasteiger partial charge is 0.379 e. The summed E-state index contributed by atoms with van der Waals surface area (Å²) < 4.78 is 7.26. The lowest BCUT2D eigenvalue weighted by Gasteiger charge is -2.14. The van der Waals surface area contributed by atoms with E-state index in [4.69, 9.17) is 4.74 Å². The summed E-state index contributed by atoms with van der Waals surface area (Å²) in [5, 5.41) is 5.00. The van der Waals surface area contributed by atoms with Gasteiger partial charge in [0.25, 0.3) is 5.56 Å². The van der Waals surface area contributed by atoms with Gasteiger partial charge < -0.3 is 4.74 Å². The number of hydrogen-bond acceptors (Lipinski definition) is 5. The van der Waals surface area contributed by atoms with Crippen molar-refractivity contribution in [1.29, 1.82) is 0 Å². The third kappa shape index (κ3) is 5.13. The van der Waals surface area contributed by atoms with E-state index >= 15 is 0 Å². The van der Waals surface area contributed by atoms with Gasteiger partial charge >= 0.3 is 0 Å². The van der Waals surface area contributed by atoms with Crippen molar-refractivity contribution in [2.75, 3.05) is 12.0 Å². The van der Waals surface area contributed by atoms with E-state index in [1.54, 1.807) is 16.8 Å². The van der Waals surface area contributed by atoms with E-state index in [-0.39, 0.29) is 11.7 Å². The first-order valence-corrected chi connectivity index (χ1v) is 10.3. The van der Waals surface area contributed by atoms with E-state index in [9.17, 15) is 4.79 Å². The molecule has 0 fully saturated rings. The number of hydrogen-bond donors (Lipinski definition) is 1. The molecular weight excluding hydrogens is 376 g/mol. The molecule has 158 valence electrons. The van der Waals surface area contributed by atoms with Crippen molar-refractivity contribution in [2.24, 2.45) is 5.10 Å². The fourth-order valence-corrected chi connectivity index (χ4v) is 3.55. The lowest BCUT2D eigenvalue weighted by Crippen LogP contribution is -2.25. The molecule has 2 aromatic carbocycles. The average molecular weight is 407 g/mol. The first-order valence-electron chi connectivity index (χ1n) is 10.3. The highest BCUT2D eigenvalue weighted by atomic mass is 16.5. The number of rotatable bonds is 8. The second-order valence-corrected chi connectivity index (χ2v) is 7.86. The molecule has 0 aliphatic rings. The van der Waals surface area contributed by atoms with E-state index in [1.807, 2.05) is 32.0 Å². The lowest BCUT2D eigenvalue weighted by molar-refractivity contribution is 0.0748. The Morgan fingerprint density at radius 2 is 1.87 bits per heavy atom. The van der Waals surface area contributed by atoms with Gasteiger partial charge in [0.1, 0.15) is 0 Å². The molecule has 0 saturated carbocycles. The number of anilines is 1. The molecule has 0 bridgehead atoms. The number of benzene rings is 2. The number of aryl methyl sites for hydroxylation is 3. The predicted octanol–water partition coefficient (Wildman–Crippen LogP) is 4.58. The minimum absolute atomic E-state index is 0.0782. The molecule has 1 aromatic heterocycles. The lowest BCUT2D eigenvalue weighted by atomic mass is 10.0. The van der Waals surface area contributed by atoms with Gasteiger partial charge in [-0.3, -0.25) is 9.36 Å². The molecule has 0 aliphatic heterocycles. The number of para-hydroxylation sites is 1. The number of ether oxygens (including phenoxy) is 1. The van der Waals surface area contributed by atoms with Crippen molar-refractivity contribution >= 4 is 23.1 Å². The summed E-state index contributed by atoms with van der Waals surface area (Å²) in [6.45, 7) is 11.3. The molecule has 0 atom stereocenters. The van der Waals surface area contributed by atoms with Gasteiger partial charge in [0.05, 0.1) is 23.2 Å². The Morgan fingerprint density at radius 1 is 1.17 bits per heavy atom. The highest BCUT2D eigenvalue weighted by Gasteiger charge is 2.10. The summed E-state index contributed by atoms with van der Waals surface area (Å²) in [5.41, 5.74) is 8.17. The Kier molecular flexibility index (Phi) is 7.00. The summed E-state index contributed by atoms with van der Waals surface area (Å²) in [6.07, 6.45) is 2.67. The highest BCUT2D eigenvalue weighted by molar-refractivity contribution is 5.84. The fourth-order valence-electron chi connectivity index (χ4n) is 3.55. The van der Waals surface area contributed by atoms with Gasteiger partial charge in [-0.1, -0.05) is 29.8 Å². The fraction of sp³-hybridized carbons (Fsp3) is 0.375. The summed E-state index contributed by atoms with van der Waals surface area (Å²) in [4.78, 5) is 17.7. The minimum atomic E-state index is -0.0782. The normalized spacial score (nSPS) is 11.7. The van der Waals surface area contributed by atoms with E-state index < -0.39 is 0 Å². The van der Waals surface area contributed by atoms with Gasteiger partial charge in [0, 0.05) is 18.7 Å². The Bertz CT molecular complexity index is 1090.